The summed E-state index contributed by atoms with van der Waals surface area (Å²) in [5, 5.41) is 0. The van der Waals surface area contributed by atoms with Crippen LogP contribution in [0.5, 0.6) is 0 Å². The molecule has 0 aromatic heterocycles. The Kier molecular flexibility index (Phi) is 3.04. The first kappa shape index (κ1) is 12.9. The Hall–Kier alpha value is -1.59. The van der Waals surface area contributed by atoms with Gasteiger partial charge in [0, 0.05) is 3.97 Å². The number of fused-ring (bicyclic) bond motifs is 1. The van der Waals surface area contributed by atoms with E-state index in [0.717, 1.165) is 12.7 Å². The van der Waals surface area contributed by atoms with Gasteiger partial charge < -0.3 is 10.6 Å². The summed E-state index contributed by atoms with van der Waals surface area (Å²) in [7, 11) is -8.58. The first-order chi connectivity index (χ1) is 8.36. The molecule has 0 spiro atoms. The third-order valence-electron chi connectivity index (χ3n) is 1.82. The lowest BCUT2D eigenvalue weighted by Gasteiger charge is -2.24. The molecule has 96 valence electrons. The van der Waals surface area contributed by atoms with Crippen molar-refractivity contribution in [2.24, 2.45) is 25.7 Å². The molecule has 0 aromatic carbocycles. The van der Waals surface area contributed by atoms with Gasteiger partial charge in [-0.3, -0.25) is 0 Å². The lowest BCUT2D eigenvalue weighted by Crippen LogP contribution is -2.52. The zero-order chi connectivity index (χ0) is 13.4. The zero-order valence-corrected chi connectivity index (χ0v) is 10.0. The van der Waals surface area contributed by atoms with Crippen molar-refractivity contribution in [2.75, 3.05) is 0 Å². The van der Waals surface area contributed by atoms with E-state index in [9.17, 15) is 17.9 Å². The molecule has 13 heteroatoms. The molecule has 2 atom stereocenters. The summed E-state index contributed by atoms with van der Waals surface area (Å²) in [5.74, 6) is -0.582. The predicted octanol–water partition coefficient (Wildman–Crippen LogP) is -2.18. The topological polar surface area (TPSA) is 168 Å². The number of rotatable bonds is 4. The number of nitrogens with two attached hydrogens (primary N) is 1. The van der Waals surface area contributed by atoms with E-state index in [4.69, 9.17) is 5.73 Å². The van der Waals surface area contributed by atoms with Crippen LogP contribution in [0.15, 0.2) is 20.0 Å². The Bertz CT molecular complexity index is 622. The highest BCUT2D eigenvalue weighted by atomic mass is 32.3. The molecule has 0 bridgehead atoms. The Balaban J connectivity index is 2.36. The van der Waals surface area contributed by atoms with Crippen molar-refractivity contribution in [3.05, 3.63) is 0 Å². The van der Waals surface area contributed by atoms with Gasteiger partial charge >= 0.3 is 18.7 Å². The van der Waals surface area contributed by atoms with E-state index in [2.05, 4.69) is 28.1 Å². The molecule has 2 heterocycles. The van der Waals surface area contributed by atoms with Gasteiger partial charge in [-0.1, -0.05) is 0 Å². The van der Waals surface area contributed by atoms with Crippen LogP contribution >= 0.6 is 8.25 Å². The fourth-order valence-electron chi connectivity index (χ4n) is 1.18. The Labute approximate surface area is 101 Å². The standard InChI is InChI=1S/C5H4N5O6PS/c6-3-5(15-18(13,14)16-17(11)12)4(8-1-7-3)9-2-10-5/h1-2H,(H2,6,7,8,9,10). The number of hydrogen-bond donors (Lipinski definition) is 1. The van der Waals surface area contributed by atoms with Gasteiger partial charge in [0.15, 0.2) is 11.7 Å². The fraction of sp³-hybridized carbons (Fsp3) is 0.200. The Morgan fingerprint density at radius 2 is 2.11 bits per heavy atom. The van der Waals surface area contributed by atoms with Crippen molar-refractivity contribution in [1.82, 2.24) is 0 Å². The van der Waals surface area contributed by atoms with Crippen molar-refractivity contribution >= 4 is 43.0 Å². The van der Waals surface area contributed by atoms with E-state index in [1.165, 1.54) is 0 Å². The van der Waals surface area contributed by atoms with Crippen molar-refractivity contribution in [1.29, 1.82) is 0 Å². The normalized spacial score (nSPS) is 26.6. The van der Waals surface area contributed by atoms with E-state index in [1.807, 2.05) is 0 Å². The largest absolute Gasteiger partial charge is 0.566 e. The smallest absolute Gasteiger partial charge is 0.507 e. The zero-order valence-electron chi connectivity index (χ0n) is 8.33. The third-order valence-corrected chi connectivity index (χ3v) is 3.48. The van der Waals surface area contributed by atoms with Crippen LogP contribution < -0.4 is 10.6 Å². The van der Waals surface area contributed by atoms with E-state index in [-0.39, 0.29) is 11.7 Å². The molecule has 0 saturated heterocycles. The summed E-state index contributed by atoms with van der Waals surface area (Å²) in [5.41, 5.74) is 3.35. The SMILES string of the molecule is NC1=NC=NC2=NC=NC12OS(=O)(=O)O[P+](=O)[O-]. The fourth-order valence-corrected chi connectivity index (χ4v) is 2.40. The molecule has 0 amide bonds. The Morgan fingerprint density at radius 1 is 1.39 bits per heavy atom. The maximum atomic E-state index is 11.3. The second-order valence-corrected chi connectivity index (χ2v) is 4.92. The van der Waals surface area contributed by atoms with Crippen molar-refractivity contribution in [3.63, 3.8) is 0 Å². The van der Waals surface area contributed by atoms with Crippen LogP contribution in [-0.4, -0.2) is 38.5 Å². The molecular formula is C5H4N5O6PS. The molecule has 2 aliphatic rings. The van der Waals surface area contributed by atoms with E-state index in [1.54, 1.807) is 0 Å². The minimum atomic E-state index is -4.90. The number of hydrogen-bond acceptors (Lipinski definition) is 11. The van der Waals surface area contributed by atoms with Gasteiger partial charge in [-0.05, 0) is 4.57 Å². The highest BCUT2D eigenvalue weighted by Crippen LogP contribution is 2.28. The molecule has 2 N–H and O–H groups in total. The van der Waals surface area contributed by atoms with Crippen molar-refractivity contribution in [2.45, 2.75) is 5.72 Å². The average Bonchev–Trinajstić information content (AvgIpc) is 2.60. The molecule has 2 unspecified atom stereocenters. The maximum Gasteiger partial charge on any atom is 0.507 e. The summed E-state index contributed by atoms with van der Waals surface area (Å²) in [6, 6.07) is 0. The lowest BCUT2D eigenvalue weighted by molar-refractivity contribution is -0.178. The number of amidine groups is 2. The summed E-state index contributed by atoms with van der Waals surface area (Å²) in [4.78, 5) is 24.6. The van der Waals surface area contributed by atoms with Crippen molar-refractivity contribution in [3.8, 4) is 0 Å². The molecular weight excluding hydrogens is 289 g/mol. The minimum Gasteiger partial charge on any atom is -0.566 e. The molecule has 11 nitrogen and oxygen atoms in total. The van der Waals surface area contributed by atoms with Gasteiger partial charge in [0.05, 0.1) is 0 Å². The second-order valence-electron chi connectivity index (χ2n) is 2.89. The second kappa shape index (κ2) is 4.26. The monoisotopic (exact) mass is 293 g/mol. The summed E-state index contributed by atoms with van der Waals surface area (Å²) in [6.07, 6.45) is 1.97. The van der Waals surface area contributed by atoms with Crippen LogP contribution in [0, 0.1) is 0 Å². The first-order valence-corrected chi connectivity index (χ1v) is 6.56. The molecule has 2 aliphatic heterocycles. The summed E-state index contributed by atoms with van der Waals surface area (Å²) >= 11 is 0. The molecule has 0 aromatic rings. The van der Waals surface area contributed by atoms with Gasteiger partial charge in [0.2, 0.25) is 0 Å². The molecule has 0 aliphatic carbocycles. The number of nitrogens with zero attached hydrogens (tertiary/aromatic N) is 4. The predicted molar refractivity (Wildman–Crippen MR) is 57.5 cm³/mol. The lowest BCUT2D eigenvalue weighted by atomic mass is 10.2. The van der Waals surface area contributed by atoms with Crippen LogP contribution in [0.4, 0.5) is 0 Å². The summed E-state index contributed by atoms with van der Waals surface area (Å²) in [6.45, 7) is 0. The molecule has 0 saturated carbocycles. The van der Waals surface area contributed by atoms with Crippen LogP contribution in [0.1, 0.15) is 0 Å². The molecule has 18 heavy (non-hydrogen) atoms. The Morgan fingerprint density at radius 3 is 2.78 bits per heavy atom. The quantitative estimate of drug-likeness (QED) is 0.574. The van der Waals surface area contributed by atoms with Crippen LogP contribution in [0.2, 0.25) is 0 Å². The third kappa shape index (κ3) is 2.19. The van der Waals surface area contributed by atoms with Gasteiger partial charge in [-0.15, -0.1) is 0 Å². The molecule has 0 fully saturated rings. The first-order valence-electron chi connectivity index (χ1n) is 4.13. The highest BCUT2D eigenvalue weighted by molar-refractivity contribution is 7.85. The summed E-state index contributed by atoms with van der Waals surface area (Å²) < 4.78 is 40.9. The molecule has 0 radical (unpaired) electrons. The maximum absolute atomic E-state index is 11.3. The van der Waals surface area contributed by atoms with Crippen LogP contribution in [0.3, 0.4) is 0 Å². The average molecular weight is 293 g/mol. The van der Waals surface area contributed by atoms with Crippen LogP contribution in [0.25, 0.3) is 0 Å². The number of aliphatic imine (C=N–C) groups is 4. The van der Waals surface area contributed by atoms with E-state index >= 15 is 0 Å². The highest BCUT2D eigenvalue weighted by Gasteiger charge is 2.50. The van der Waals surface area contributed by atoms with Crippen molar-refractivity contribution < 1.29 is 26.0 Å². The van der Waals surface area contributed by atoms with Crippen LogP contribution in [-0.2, 0) is 23.1 Å². The van der Waals surface area contributed by atoms with Gasteiger partial charge in [0.1, 0.15) is 12.7 Å². The minimum absolute atomic E-state index is 0.205. The van der Waals surface area contributed by atoms with Gasteiger partial charge in [-0.25, -0.2) is 20.0 Å². The van der Waals surface area contributed by atoms with Gasteiger partial charge in [-0.2, -0.15) is 12.6 Å². The van der Waals surface area contributed by atoms with E-state index in [0.29, 0.717) is 0 Å². The van der Waals surface area contributed by atoms with E-state index < -0.39 is 24.4 Å². The van der Waals surface area contributed by atoms with Gasteiger partial charge in [0.25, 0.3) is 5.72 Å². The molecule has 2 rings (SSSR count).